The van der Waals surface area contributed by atoms with Crippen LogP contribution in [0.15, 0.2) is 54.6 Å². The van der Waals surface area contributed by atoms with Gasteiger partial charge >= 0.3 is 5.97 Å². The van der Waals surface area contributed by atoms with E-state index in [1.54, 1.807) is 32.9 Å². The average Bonchev–Trinajstić information content (AvgIpc) is 2.64. The molecule has 0 bridgehead atoms. The number of halogens is 2. The number of amides is 1. The average molecular weight is 438 g/mol. The monoisotopic (exact) mass is 437 g/mol. The molecule has 2 unspecified atom stereocenters. The lowest BCUT2D eigenvalue weighted by molar-refractivity contribution is -0.163. The summed E-state index contributed by atoms with van der Waals surface area (Å²) in [6.07, 6.45) is -0.894. The lowest BCUT2D eigenvalue weighted by Gasteiger charge is -2.30. The molecule has 1 N–H and O–H groups in total. The van der Waals surface area contributed by atoms with Crippen LogP contribution in [0.5, 0.6) is 0 Å². The van der Waals surface area contributed by atoms with Crippen molar-refractivity contribution < 1.29 is 19.1 Å². The van der Waals surface area contributed by atoms with Crippen molar-refractivity contribution >= 4 is 35.1 Å². The highest BCUT2D eigenvalue weighted by atomic mass is 35.5. The van der Waals surface area contributed by atoms with Gasteiger partial charge in [-0.25, -0.2) is 0 Å². The fourth-order valence-electron chi connectivity index (χ4n) is 2.57. The zero-order valence-corrected chi connectivity index (χ0v) is 18.2. The number of ether oxygens (including phenoxy) is 2. The fourth-order valence-corrected chi connectivity index (χ4v) is 2.84. The minimum absolute atomic E-state index is 0.0869. The standard InChI is InChI=1S/C16H20ClNO4.C6H5Cl/c1-16(2,3)22-14(19)8-13-15(20)18-12(9-21-13)10-4-6-11(17)7-5-10;7-6-4-2-1-3-5-6/h4-7,12-13H,8-9H2,1-3H3,(H,18,20);1-5H. The Morgan fingerprint density at radius 3 is 2.14 bits per heavy atom. The van der Waals surface area contributed by atoms with Crippen LogP contribution >= 0.6 is 23.2 Å². The normalized spacial score (nSPS) is 18.9. The van der Waals surface area contributed by atoms with Gasteiger partial charge in [0, 0.05) is 10.0 Å². The summed E-state index contributed by atoms with van der Waals surface area (Å²) in [5.41, 5.74) is 0.335. The molecular weight excluding hydrogens is 413 g/mol. The molecule has 1 aliphatic rings. The first-order valence-corrected chi connectivity index (χ1v) is 9.99. The molecule has 2 atom stereocenters. The van der Waals surface area contributed by atoms with Gasteiger partial charge < -0.3 is 14.8 Å². The van der Waals surface area contributed by atoms with E-state index < -0.39 is 17.7 Å². The predicted octanol–water partition coefficient (Wildman–Crippen LogP) is 4.97. The van der Waals surface area contributed by atoms with Crippen LogP contribution in [0.25, 0.3) is 0 Å². The summed E-state index contributed by atoms with van der Waals surface area (Å²) >= 11 is 11.4. The summed E-state index contributed by atoms with van der Waals surface area (Å²) in [7, 11) is 0. The first-order chi connectivity index (χ1) is 13.6. The van der Waals surface area contributed by atoms with Crippen LogP contribution in [0.1, 0.15) is 38.8 Å². The van der Waals surface area contributed by atoms with Crippen LogP contribution in [0.3, 0.4) is 0 Å². The van der Waals surface area contributed by atoms with Crippen molar-refractivity contribution in [2.75, 3.05) is 6.61 Å². The van der Waals surface area contributed by atoms with Crippen LogP contribution in [-0.2, 0) is 19.1 Å². The summed E-state index contributed by atoms with van der Waals surface area (Å²) in [4.78, 5) is 23.8. The van der Waals surface area contributed by atoms with E-state index in [0.29, 0.717) is 11.6 Å². The van der Waals surface area contributed by atoms with Gasteiger partial charge in [0.1, 0.15) is 11.7 Å². The highest BCUT2D eigenvalue weighted by Crippen LogP contribution is 2.22. The van der Waals surface area contributed by atoms with Crippen LogP contribution in [0.4, 0.5) is 0 Å². The molecule has 1 amide bonds. The second-order valence-corrected chi connectivity index (χ2v) is 8.39. The first kappa shape index (κ1) is 23.2. The van der Waals surface area contributed by atoms with Gasteiger partial charge in [-0.2, -0.15) is 0 Å². The Bertz CT molecular complexity index is 804. The van der Waals surface area contributed by atoms with Gasteiger partial charge in [0.25, 0.3) is 0 Å². The number of hydrogen-bond acceptors (Lipinski definition) is 4. The molecule has 0 spiro atoms. The molecule has 29 heavy (non-hydrogen) atoms. The van der Waals surface area contributed by atoms with Gasteiger partial charge in [-0.3, -0.25) is 9.59 Å². The van der Waals surface area contributed by atoms with Crippen molar-refractivity contribution in [3.8, 4) is 0 Å². The number of nitrogens with one attached hydrogen (secondary N) is 1. The lowest BCUT2D eigenvalue weighted by Crippen LogP contribution is -2.47. The van der Waals surface area contributed by atoms with Crippen LogP contribution in [-0.4, -0.2) is 30.2 Å². The van der Waals surface area contributed by atoms with E-state index in [2.05, 4.69) is 5.32 Å². The van der Waals surface area contributed by atoms with Gasteiger partial charge in [-0.1, -0.05) is 53.5 Å². The quantitative estimate of drug-likeness (QED) is 0.688. The molecule has 0 saturated carbocycles. The molecule has 7 heteroatoms. The van der Waals surface area contributed by atoms with E-state index >= 15 is 0 Å². The Balaban J connectivity index is 0.000000360. The summed E-state index contributed by atoms with van der Waals surface area (Å²) < 4.78 is 10.7. The number of carbonyl (C=O) groups is 2. The third-order valence-electron chi connectivity index (χ3n) is 3.85. The van der Waals surface area contributed by atoms with Crippen LogP contribution in [0.2, 0.25) is 10.0 Å². The topological polar surface area (TPSA) is 64.6 Å². The Kier molecular flexibility index (Phi) is 8.50. The minimum Gasteiger partial charge on any atom is -0.460 e. The minimum atomic E-state index is -0.807. The number of esters is 1. The summed E-state index contributed by atoms with van der Waals surface area (Å²) in [6, 6.07) is 16.4. The third kappa shape index (κ3) is 8.44. The largest absolute Gasteiger partial charge is 0.460 e. The van der Waals surface area contributed by atoms with Gasteiger partial charge in [-0.15, -0.1) is 0 Å². The Morgan fingerprint density at radius 1 is 1.07 bits per heavy atom. The lowest BCUT2D eigenvalue weighted by atomic mass is 10.0. The number of morpholine rings is 1. The van der Waals surface area contributed by atoms with Gasteiger partial charge in [0.2, 0.25) is 5.91 Å². The third-order valence-corrected chi connectivity index (χ3v) is 4.35. The van der Waals surface area contributed by atoms with E-state index in [0.717, 1.165) is 10.6 Å². The van der Waals surface area contributed by atoms with Gasteiger partial charge in [0.15, 0.2) is 0 Å². The van der Waals surface area contributed by atoms with E-state index in [1.807, 2.05) is 42.5 Å². The van der Waals surface area contributed by atoms with Crippen molar-refractivity contribution in [1.82, 2.24) is 5.32 Å². The molecule has 1 fully saturated rings. The van der Waals surface area contributed by atoms with Crippen molar-refractivity contribution in [2.45, 2.75) is 44.9 Å². The van der Waals surface area contributed by atoms with E-state index in [-0.39, 0.29) is 18.4 Å². The van der Waals surface area contributed by atoms with Gasteiger partial charge in [-0.05, 0) is 50.6 Å². The Labute approximate surface area is 181 Å². The van der Waals surface area contributed by atoms with Crippen LogP contribution in [0, 0.1) is 0 Å². The summed E-state index contributed by atoms with van der Waals surface area (Å²) in [5.74, 6) is -0.755. The molecule has 0 aliphatic carbocycles. The Hall–Kier alpha value is -2.08. The second-order valence-electron chi connectivity index (χ2n) is 7.52. The number of benzene rings is 2. The number of hydrogen-bond donors (Lipinski definition) is 1. The van der Waals surface area contributed by atoms with E-state index in [9.17, 15) is 9.59 Å². The predicted molar refractivity (Wildman–Crippen MR) is 114 cm³/mol. The maximum atomic E-state index is 12.1. The molecule has 156 valence electrons. The van der Waals surface area contributed by atoms with E-state index in [1.165, 1.54) is 0 Å². The smallest absolute Gasteiger partial charge is 0.309 e. The second kappa shape index (κ2) is 10.6. The Morgan fingerprint density at radius 2 is 1.66 bits per heavy atom. The maximum absolute atomic E-state index is 12.1. The summed E-state index contributed by atoms with van der Waals surface area (Å²) in [5, 5.41) is 4.28. The molecule has 3 rings (SSSR count). The number of carbonyl (C=O) groups excluding carboxylic acids is 2. The SMILES string of the molecule is CC(C)(C)OC(=O)CC1OCC(c2ccc(Cl)cc2)NC1=O.Clc1ccccc1. The van der Waals surface area contributed by atoms with Crippen LogP contribution < -0.4 is 5.32 Å². The fraction of sp³-hybridized carbons (Fsp3) is 0.364. The maximum Gasteiger partial charge on any atom is 0.309 e. The van der Waals surface area contributed by atoms with Crippen molar-refractivity contribution in [2.24, 2.45) is 0 Å². The molecule has 2 aromatic carbocycles. The molecule has 1 aliphatic heterocycles. The van der Waals surface area contributed by atoms with Crippen molar-refractivity contribution in [1.29, 1.82) is 0 Å². The molecule has 2 aromatic rings. The summed E-state index contributed by atoms with van der Waals surface area (Å²) in [6.45, 7) is 5.65. The van der Waals surface area contributed by atoms with Crippen molar-refractivity contribution in [3.63, 3.8) is 0 Å². The highest BCUT2D eigenvalue weighted by Gasteiger charge is 2.32. The zero-order valence-electron chi connectivity index (χ0n) is 16.7. The first-order valence-electron chi connectivity index (χ1n) is 9.24. The molecule has 5 nitrogen and oxygen atoms in total. The number of rotatable bonds is 3. The van der Waals surface area contributed by atoms with Crippen molar-refractivity contribution in [3.05, 3.63) is 70.2 Å². The molecule has 1 saturated heterocycles. The van der Waals surface area contributed by atoms with Gasteiger partial charge in [0.05, 0.1) is 19.1 Å². The molecule has 0 radical (unpaired) electrons. The molecule has 1 heterocycles. The van der Waals surface area contributed by atoms with E-state index in [4.69, 9.17) is 32.7 Å². The molecule has 0 aromatic heterocycles. The molecular formula is C22H25Cl2NO4. The zero-order chi connectivity index (χ0) is 21.4. The highest BCUT2D eigenvalue weighted by molar-refractivity contribution is 6.30.